The fourth-order valence-corrected chi connectivity index (χ4v) is 4.96. The van der Waals surface area contributed by atoms with Crippen LogP contribution in [0.4, 0.5) is 5.69 Å². The maximum absolute atomic E-state index is 13.7. The first-order valence-electron chi connectivity index (χ1n) is 13.5. The van der Waals surface area contributed by atoms with Crippen LogP contribution in [0.5, 0.6) is 11.5 Å². The molecule has 1 aliphatic rings. The van der Waals surface area contributed by atoms with Gasteiger partial charge < -0.3 is 14.4 Å². The second kappa shape index (κ2) is 12.2. The van der Waals surface area contributed by atoms with E-state index in [9.17, 15) is 4.79 Å². The molecule has 202 valence electrons. The Morgan fingerprint density at radius 2 is 1.64 bits per heavy atom. The van der Waals surface area contributed by atoms with Crippen LogP contribution in [0.1, 0.15) is 22.3 Å². The third-order valence-electron chi connectivity index (χ3n) is 7.32. The maximum Gasteiger partial charge on any atom is 0.316 e. The van der Waals surface area contributed by atoms with Gasteiger partial charge in [0.2, 0.25) is 5.75 Å². The molecule has 0 amide bonds. The van der Waals surface area contributed by atoms with Crippen molar-refractivity contribution >= 4 is 5.69 Å². The lowest BCUT2D eigenvalue weighted by atomic mass is 10.0. The smallest absolute Gasteiger partial charge is 0.316 e. The number of hydrogen-bond acceptors (Lipinski definition) is 6. The van der Waals surface area contributed by atoms with E-state index in [1.54, 1.807) is 13.3 Å². The summed E-state index contributed by atoms with van der Waals surface area (Å²) in [6.07, 6.45) is 2.46. The highest BCUT2D eigenvalue weighted by molar-refractivity contribution is 5.57. The van der Waals surface area contributed by atoms with Gasteiger partial charge in [0, 0.05) is 39.1 Å². The molecule has 0 saturated carbocycles. The van der Waals surface area contributed by atoms with Crippen molar-refractivity contribution < 1.29 is 9.47 Å². The molecule has 3 aromatic carbocycles. The maximum atomic E-state index is 13.7. The van der Waals surface area contributed by atoms with Crippen LogP contribution in [0.3, 0.4) is 0 Å². The Hall–Kier alpha value is -4.10. The molecule has 0 radical (unpaired) electrons. The van der Waals surface area contributed by atoms with Crippen molar-refractivity contribution in [1.29, 1.82) is 0 Å². The molecule has 1 saturated heterocycles. The van der Waals surface area contributed by atoms with E-state index in [-0.39, 0.29) is 5.56 Å². The molecule has 0 spiro atoms. The summed E-state index contributed by atoms with van der Waals surface area (Å²) in [4.78, 5) is 18.4. The second-order valence-electron chi connectivity index (χ2n) is 10.1. The first-order chi connectivity index (χ1) is 19.0. The Morgan fingerprint density at radius 1 is 0.897 bits per heavy atom. The number of piperazine rings is 1. The van der Waals surface area contributed by atoms with Crippen molar-refractivity contribution in [3.8, 4) is 17.2 Å². The second-order valence-corrected chi connectivity index (χ2v) is 10.1. The summed E-state index contributed by atoms with van der Waals surface area (Å²) >= 11 is 0. The number of ether oxygens (including phenoxy) is 2. The summed E-state index contributed by atoms with van der Waals surface area (Å²) in [7, 11) is 1.66. The zero-order valence-electron chi connectivity index (χ0n) is 23.0. The molecule has 1 aliphatic heterocycles. The van der Waals surface area contributed by atoms with Gasteiger partial charge in [0.15, 0.2) is 0 Å². The van der Waals surface area contributed by atoms with Crippen molar-refractivity contribution in [3.63, 3.8) is 0 Å². The van der Waals surface area contributed by atoms with Crippen LogP contribution >= 0.6 is 0 Å². The van der Waals surface area contributed by atoms with Crippen LogP contribution in [-0.2, 0) is 13.0 Å². The van der Waals surface area contributed by atoms with Gasteiger partial charge in [-0.15, -0.1) is 0 Å². The van der Waals surface area contributed by atoms with Crippen molar-refractivity contribution in [2.75, 3.05) is 44.8 Å². The fraction of sp³-hybridized carbons (Fsp3) is 0.312. The first-order valence-corrected chi connectivity index (χ1v) is 13.5. The highest BCUT2D eigenvalue weighted by Gasteiger charge is 2.24. The third kappa shape index (κ3) is 6.32. The van der Waals surface area contributed by atoms with E-state index >= 15 is 0 Å². The molecule has 7 heteroatoms. The van der Waals surface area contributed by atoms with E-state index in [0.29, 0.717) is 24.5 Å². The highest BCUT2D eigenvalue weighted by Crippen LogP contribution is 2.26. The molecule has 2 heterocycles. The average Bonchev–Trinajstić information content (AvgIpc) is 2.97. The van der Waals surface area contributed by atoms with Gasteiger partial charge in [-0.3, -0.25) is 9.69 Å². The quantitative estimate of drug-likeness (QED) is 0.314. The summed E-state index contributed by atoms with van der Waals surface area (Å²) in [5.41, 5.74) is 6.33. The van der Waals surface area contributed by atoms with E-state index in [2.05, 4.69) is 46.9 Å². The topological polar surface area (TPSA) is 59.8 Å². The van der Waals surface area contributed by atoms with Gasteiger partial charge >= 0.3 is 5.56 Å². The van der Waals surface area contributed by atoms with E-state index in [1.165, 1.54) is 21.4 Å². The molecule has 39 heavy (non-hydrogen) atoms. The number of para-hydroxylation sites is 1. The molecule has 5 rings (SSSR count). The molecule has 7 nitrogen and oxygen atoms in total. The van der Waals surface area contributed by atoms with Crippen molar-refractivity contribution in [2.45, 2.75) is 26.8 Å². The Balaban J connectivity index is 1.33. The molecule has 0 aliphatic carbocycles. The number of rotatable bonds is 9. The summed E-state index contributed by atoms with van der Waals surface area (Å²) < 4.78 is 12.9. The van der Waals surface area contributed by atoms with Gasteiger partial charge in [-0.2, -0.15) is 9.78 Å². The molecule has 0 bridgehead atoms. The molecule has 1 fully saturated rings. The molecular formula is C32H36N4O3. The highest BCUT2D eigenvalue weighted by atomic mass is 16.5. The summed E-state index contributed by atoms with van der Waals surface area (Å²) in [6, 6.07) is 24.0. The Morgan fingerprint density at radius 3 is 2.36 bits per heavy atom. The van der Waals surface area contributed by atoms with Gasteiger partial charge in [0.05, 0.1) is 25.6 Å². The SMILES string of the molecule is COc1ccc(CCOc2c(N3CCN(Cc4cc(C)ccc4C)CC3)cnn(-c3ccccc3)c2=O)cc1. The number of hydrogen-bond donors (Lipinski definition) is 0. The lowest BCUT2D eigenvalue weighted by molar-refractivity contribution is 0.247. The van der Waals surface area contributed by atoms with E-state index in [1.807, 2.05) is 54.6 Å². The number of methoxy groups -OCH3 is 1. The van der Waals surface area contributed by atoms with Crippen LogP contribution in [-0.4, -0.2) is 54.6 Å². The largest absolute Gasteiger partial charge is 0.497 e. The minimum Gasteiger partial charge on any atom is -0.497 e. The zero-order valence-corrected chi connectivity index (χ0v) is 23.0. The zero-order chi connectivity index (χ0) is 27.2. The van der Waals surface area contributed by atoms with E-state index < -0.39 is 0 Å². The van der Waals surface area contributed by atoms with Crippen LogP contribution in [0.25, 0.3) is 5.69 Å². The normalized spacial score (nSPS) is 13.9. The molecule has 4 aromatic rings. The number of nitrogens with zero attached hydrogens (tertiary/aromatic N) is 4. The Labute approximate surface area is 230 Å². The van der Waals surface area contributed by atoms with Gasteiger partial charge in [-0.1, -0.05) is 54.1 Å². The minimum atomic E-state index is -0.244. The molecule has 1 aromatic heterocycles. The summed E-state index contributed by atoms with van der Waals surface area (Å²) in [6.45, 7) is 9.04. The predicted octanol–water partition coefficient (Wildman–Crippen LogP) is 4.80. The van der Waals surface area contributed by atoms with Crippen LogP contribution in [0, 0.1) is 13.8 Å². The third-order valence-corrected chi connectivity index (χ3v) is 7.32. The van der Waals surface area contributed by atoms with E-state index in [0.717, 1.165) is 49.7 Å². The lowest BCUT2D eigenvalue weighted by Crippen LogP contribution is -2.46. The summed E-state index contributed by atoms with van der Waals surface area (Å²) in [5.74, 6) is 1.17. The monoisotopic (exact) mass is 524 g/mol. The number of anilines is 1. The molecular weight excluding hydrogens is 488 g/mol. The van der Waals surface area contributed by atoms with Gasteiger partial charge in [0.25, 0.3) is 0 Å². The standard InChI is InChI=1S/C32H36N4O3/c1-24-9-10-25(2)27(21-24)23-34-16-18-35(19-17-34)30-22-33-36(28-7-5-4-6-8-28)32(37)31(30)39-20-15-26-11-13-29(38-3)14-12-26/h4-14,21-22H,15-20,23H2,1-3H3. The van der Waals surface area contributed by atoms with Crippen LogP contribution in [0.2, 0.25) is 0 Å². The average molecular weight is 525 g/mol. The number of aromatic nitrogens is 2. The van der Waals surface area contributed by atoms with E-state index in [4.69, 9.17) is 9.47 Å². The molecule has 0 N–H and O–H groups in total. The number of benzene rings is 3. The van der Waals surface area contributed by atoms with Crippen LogP contribution < -0.4 is 19.9 Å². The van der Waals surface area contributed by atoms with Gasteiger partial charge in [0.1, 0.15) is 11.4 Å². The minimum absolute atomic E-state index is 0.244. The van der Waals surface area contributed by atoms with Crippen LogP contribution in [0.15, 0.2) is 83.8 Å². The van der Waals surface area contributed by atoms with Crippen molar-refractivity contribution in [1.82, 2.24) is 14.7 Å². The summed E-state index contributed by atoms with van der Waals surface area (Å²) in [5, 5.41) is 4.53. The van der Waals surface area contributed by atoms with Crippen molar-refractivity contribution in [3.05, 3.63) is 112 Å². The Bertz CT molecular complexity index is 1440. The lowest BCUT2D eigenvalue weighted by Gasteiger charge is -2.36. The fourth-order valence-electron chi connectivity index (χ4n) is 4.96. The predicted molar refractivity (Wildman–Crippen MR) is 155 cm³/mol. The van der Waals surface area contributed by atoms with Gasteiger partial charge in [-0.25, -0.2) is 0 Å². The van der Waals surface area contributed by atoms with Crippen molar-refractivity contribution in [2.24, 2.45) is 0 Å². The molecule has 0 atom stereocenters. The Kier molecular flexibility index (Phi) is 8.27. The molecule has 0 unspecified atom stereocenters. The van der Waals surface area contributed by atoms with Gasteiger partial charge in [-0.05, 0) is 54.8 Å². The first kappa shape index (κ1) is 26.5. The number of aryl methyl sites for hydroxylation is 2.